The van der Waals surface area contributed by atoms with Crippen LogP contribution in [-0.2, 0) is 0 Å². The fraction of sp³-hybridized carbons (Fsp3) is 0.0588. The molecule has 0 aliphatic carbocycles. The highest BCUT2D eigenvalue weighted by atomic mass is 19.1. The number of hydrogen-bond acceptors (Lipinski definition) is 3. The fourth-order valence-corrected chi connectivity index (χ4v) is 2.57. The van der Waals surface area contributed by atoms with Crippen molar-refractivity contribution < 1.29 is 9.13 Å². The van der Waals surface area contributed by atoms with Gasteiger partial charge in [0.25, 0.3) is 0 Å². The van der Waals surface area contributed by atoms with Crippen molar-refractivity contribution in [3.8, 4) is 11.6 Å². The number of hydrogen-bond donors (Lipinski definition) is 0. The standard InChI is InChI=1S/C17H12FN3O/c18-11-22-15-2-1-13-9-20-17(8-14(13)7-15)21-6-4-12-3-5-19-10-16(12)21/h1-10H,11H2. The van der Waals surface area contributed by atoms with Crippen LogP contribution in [0.2, 0.25) is 0 Å². The minimum Gasteiger partial charge on any atom is -0.463 e. The van der Waals surface area contributed by atoms with Crippen LogP contribution in [0.25, 0.3) is 27.5 Å². The van der Waals surface area contributed by atoms with Crippen LogP contribution in [0.1, 0.15) is 0 Å². The zero-order valence-electron chi connectivity index (χ0n) is 11.6. The molecule has 0 atom stereocenters. The average Bonchev–Trinajstić information content (AvgIpc) is 2.98. The van der Waals surface area contributed by atoms with Gasteiger partial charge in [-0.1, -0.05) is 0 Å². The molecule has 4 nitrogen and oxygen atoms in total. The van der Waals surface area contributed by atoms with Crippen molar-refractivity contribution in [3.63, 3.8) is 0 Å². The SMILES string of the molecule is FCOc1ccc2cnc(-n3ccc4ccncc43)cc2c1. The van der Waals surface area contributed by atoms with E-state index in [1.165, 1.54) is 0 Å². The number of halogens is 1. The summed E-state index contributed by atoms with van der Waals surface area (Å²) in [4.78, 5) is 8.66. The molecule has 0 saturated carbocycles. The first-order valence-corrected chi connectivity index (χ1v) is 6.85. The lowest BCUT2D eigenvalue weighted by molar-refractivity contribution is 0.192. The third kappa shape index (κ3) is 2.07. The third-order valence-electron chi connectivity index (χ3n) is 3.64. The molecule has 0 saturated heterocycles. The molecule has 0 unspecified atom stereocenters. The molecule has 3 heterocycles. The van der Waals surface area contributed by atoms with E-state index < -0.39 is 6.86 Å². The Labute approximate surface area is 125 Å². The number of fused-ring (bicyclic) bond motifs is 2. The van der Waals surface area contributed by atoms with E-state index in [2.05, 4.69) is 9.97 Å². The van der Waals surface area contributed by atoms with Gasteiger partial charge >= 0.3 is 0 Å². The molecule has 108 valence electrons. The highest BCUT2D eigenvalue weighted by molar-refractivity contribution is 5.86. The molecule has 0 aliphatic rings. The number of benzene rings is 1. The summed E-state index contributed by atoms with van der Waals surface area (Å²) >= 11 is 0. The van der Waals surface area contributed by atoms with Gasteiger partial charge in [-0.3, -0.25) is 9.55 Å². The topological polar surface area (TPSA) is 39.9 Å². The lowest BCUT2D eigenvalue weighted by atomic mass is 10.1. The van der Waals surface area contributed by atoms with Crippen LogP contribution in [0.5, 0.6) is 5.75 Å². The van der Waals surface area contributed by atoms with Crippen molar-refractivity contribution >= 4 is 21.7 Å². The van der Waals surface area contributed by atoms with Crippen LogP contribution in [-0.4, -0.2) is 21.4 Å². The first-order chi connectivity index (χ1) is 10.8. The number of aromatic nitrogens is 3. The molecular weight excluding hydrogens is 281 g/mol. The van der Waals surface area contributed by atoms with Crippen LogP contribution in [0.4, 0.5) is 4.39 Å². The summed E-state index contributed by atoms with van der Waals surface area (Å²) < 4.78 is 19.2. The summed E-state index contributed by atoms with van der Waals surface area (Å²) in [5.41, 5.74) is 0.991. The Morgan fingerprint density at radius 1 is 1.00 bits per heavy atom. The van der Waals surface area contributed by atoms with Gasteiger partial charge in [-0.2, -0.15) is 0 Å². The molecular formula is C17H12FN3O. The maximum atomic E-state index is 12.3. The van der Waals surface area contributed by atoms with Crippen molar-refractivity contribution in [2.45, 2.75) is 0 Å². The van der Waals surface area contributed by atoms with Crippen LogP contribution in [0.3, 0.4) is 0 Å². The summed E-state index contributed by atoms with van der Waals surface area (Å²) in [6.45, 7) is -0.836. The van der Waals surface area contributed by atoms with Crippen molar-refractivity contribution in [1.82, 2.24) is 14.5 Å². The summed E-state index contributed by atoms with van der Waals surface area (Å²) in [7, 11) is 0. The van der Waals surface area contributed by atoms with E-state index in [0.717, 1.165) is 27.5 Å². The molecule has 0 spiro atoms. The van der Waals surface area contributed by atoms with Gasteiger partial charge in [-0.25, -0.2) is 9.37 Å². The summed E-state index contributed by atoms with van der Waals surface area (Å²) in [5.74, 6) is 1.29. The second-order valence-corrected chi connectivity index (χ2v) is 4.93. The molecule has 22 heavy (non-hydrogen) atoms. The quantitative estimate of drug-likeness (QED) is 0.575. The van der Waals surface area contributed by atoms with Gasteiger partial charge in [0.05, 0.1) is 11.7 Å². The zero-order chi connectivity index (χ0) is 14.9. The van der Waals surface area contributed by atoms with Crippen LogP contribution < -0.4 is 4.74 Å². The van der Waals surface area contributed by atoms with E-state index in [1.807, 2.05) is 47.3 Å². The van der Waals surface area contributed by atoms with Crippen LogP contribution >= 0.6 is 0 Å². The maximum absolute atomic E-state index is 12.3. The fourth-order valence-electron chi connectivity index (χ4n) is 2.57. The number of rotatable bonds is 3. The number of ether oxygens (including phenoxy) is 1. The van der Waals surface area contributed by atoms with Crippen molar-refractivity contribution in [1.29, 1.82) is 0 Å². The Bertz CT molecular complexity index is 964. The second kappa shape index (κ2) is 5.11. The number of alkyl halides is 1. The van der Waals surface area contributed by atoms with Crippen molar-refractivity contribution in [2.75, 3.05) is 6.86 Å². The van der Waals surface area contributed by atoms with Gasteiger partial charge in [0.15, 0.2) is 0 Å². The highest BCUT2D eigenvalue weighted by Gasteiger charge is 2.06. The maximum Gasteiger partial charge on any atom is 0.228 e. The molecule has 0 amide bonds. The monoisotopic (exact) mass is 293 g/mol. The normalized spacial score (nSPS) is 11.1. The lowest BCUT2D eigenvalue weighted by Crippen LogP contribution is -1.96. The summed E-state index contributed by atoms with van der Waals surface area (Å²) in [6, 6.07) is 11.3. The lowest BCUT2D eigenvalue weighted by Gasteiger charge is -2.07. The minimum atomic E-state index is -0.836. The smallest absolute Gasteiger partial charge is 0.228 e. The van der Waals surface area contributed by atoms with Gasteiger partial charge in [0, 0.05) is 29.4 Å². The van der Waals surface area contributed by atoms with E-state index in [4.69, 9.17) is 4.74 Å². The summed E-state index contributed by atoms with van der Waals surface area (Å²) in [6.07, 6.45) is 7.33. The molecule has 4 rings (SSSR count). The molecule has 4 aromatic rings. The van der Waals surface area contributed by atoms with Gasteiger partial charge in [0.1, 0.15) is 11.6 Å². The summed E-state index contributed by atoms with van der Waals surface area (Å²) in [5, 5.41) is 3.03. The van der Waals surface area contributed by atoms with Gasteiger partial charge < -0.3 is 4.74 Å². The Morgan fingerprint density at radius 3 is 2.86 bits per heavy atom. The first kappa shape index (κ1) is 12.8. The van der Waals surface area contributed by atoms with Crippen molar-refractivity contribution in [3.05, 3.63) is 61.2 Å². The van der Waals surface area contributed by atoms with Gasteiger partial charge in [-0.15, -0.1) is 0 Å². The zero-order valence-corrected chi connectivity index (χ0v) is 11.6. The van der Waals surface area contributed by atoms with Crippen LogP contribution in [0, 0.1) is 0 Å². The molecule has 0 aliphatic heterocycles. The van der Waals surface area contributed by atoms with E-state index >= 15 is 0 Å². The molecule has 1 aromatic carbocycles. The van der Waals surface area contributed by atoms with Crippen molar-refractivity contribution in [2.24, 2.45) is 0 Å². The third-order valence-corrected chi connectivity index (χ3v) is 3.64. The highest BCUT2D eigenvalue weighted by Crippen LogP contribution is 2.24. The Balaban J connectivity index is 1.87. The molecule has 0 fully saturated rings. The Morgan fingerprint density at radius 2 is 1.95 bits per heavy atom. The minimum absolute atomic E-state index is 0.506. The molecule has 0 N–H and O–H groups in total. The van der Waals surface area contributed by atoms with E-state index in [-0.39, 0.29) is 0 Å². The number of pyridine rings is 2. The number of nitrogens with zero attached hydrogens (tertiary/aromatic N) is 3. The second-order valence-electron chi connectivity index (χ2n) is 4.93. The molecule has 0 bridgehead atoms. The molecule has 3 aromatic heterocycles. The predicted molar refractivity (Wildman–Crippen MR) is 83.0 cm³/mol. The Kier molecular flexibility index (Phi) is 2.96. The van der Waals surface area contributed by atoms with E-state index in [0.29, 0.717) is 5.75 Å². The first-order valence-electron chi connectivity index (χ1n) is 6.85. The van der Waals surface area contributed by atoms with E-state index in [1.54, 1.807) is 18.5 Å². The average molecular weight is 293 g/mol. The van der Waals surface area contributed by atoms with Gasteiger partial charge in [0.2, 0.25) is 6.86 Å². The Hall–Kier alpha value is -2.95. The largest absolute Gasteiger partial charge is 0.463 e. The van der Waals surface area contributed by atoms with Crippen LogP contribution in [0.15, 0.2) is 61.2 Å². The molecule has 0 radical (unpaired) electrons. The predicted octanol–water partition coefficient (Wildman–Crippen LogP) is 3.88. The molecule has 5 heteroatoms. The van der Waals surface area contributed by atoms with Gasteiger partial charge in [-0.05, 0) is 41.8 Å². The van der Waals surface area contributed by atoms with E-state index in [9.17, 15) is 4.39 Å².